The fourth-order valence-corrected chi connectivity index (χ4v) is 4.70. The zero-order chi connectivity index (χ0) is 22.3. The van der Waals surface area contributed by atoms with E-state index in [2.05, 4.69) is 20.9 Å². The minimum atomic E-state index is -0.640. The van der Waals surface area contributed by atoms with E-state index in [9.17, 15) is 9.18 Å². The van der Waals surface area contributed by atoms with Crippen LogP contribution >= 0.6 is 27.5 Å². The van der Waals surface area contributed by atoms with Crippen LogP contribution in [0.15, 0.2) is 39.6 Å². The fraction of sp³-hybridized carbons (Fsp3) is 0.238. The van der Waals surface area contributed by atoms with Gasteiger partial charge in [0.2, 0.25) is 5.75 Å². The second kappa shape index (κ2) is 8.39. The number of hydrogen-bond acceptors (Lipinski definition) is 5. The van der Waals surface area contributed by atoms with Gasteiger partial charge in [-0.15, -0.1) is 0 Å². The number of urea groups is 1. The number of primary amides is 1. The van der Waals surface area contributed by atoms with Crippen LogP contribution in [0.1, 0.15) is 30.6 Å². The van der Waals surface area contributed by atoms with Gasteiger partial charge >= 0.3 is 6.03 Å². The van der Waals surface area contributed by atoms with Crippen LogP contribution in [0.5, 0.6) is 5.75 Å². The summed E-state index contributed by atoms with van der Waals surface area (Å²) in [6.07, 6.45) is 5.15. The van der Waals surface area contributed by atoms with Crippen LogP contribution in [-0.4, -0.2) is 29.0 Å². The number of nitrogens with zero attached hydrogens (tertiary/aromatic N) is 2. The maximum atomic E-state index is 14.0. The largest absolute Gasteiger partial charge is 0.478 e. The Hall–Kier alpha value is -2.78. The molecule has 1 unspecified atom stereocenters. The molecule has 4 rings (SSSR count). The van der Waals surface area contributed by atoms with Crippen molar-refractivity contribution in [3.63, 3.8) is 0 Å². The van der Waals surface area contributed by atoms with Crippen molar-refractivity contribution in [1.29, 1.82) is 0 Å². The molecule has 0 saturated carbocycles. The number of carbonyl (C=O) groups is 1. The second-order valence-corrected chi connectivity index (χ2v) is 8.35. The molecule has 4 N–H and O–H groups in total. The number of carbonyl (C=O) groups excluding carboxylic acids is 1. The van der Waals surface area contributed by atoms with Crippen LogP contribution in [0.2, 0.25) is 5.02 Å². The zero-order valence-electron chi connectivity index (χ0n) is 16.5. The quantitative estimate of drug-likeness (QED) is 0.466. The molecule has 0 aliphatic carbocycles. The van der Waals surface area contributed by atoms with Crippen molar-refractivity contribution in [3.05, 3.63) is 57.1 Å². The van der Waals surface area contributed by atoms with E-state index in [4.69, 9.17) is 32.2 Å². The molecule has 0 fully saturated rings. The van der Waals surface area contributed by atoms with Crippen LogP contribution in [0.3, 0.4) is 0 Å². The maximum Gasteiger partial charge on any atom is 0.315 e. The van der Waals surface area contributed by atoms with Gasteiger partial charge in [0.05, 0.1) is 16.1 Å². The number of furan rings is 1. The number of halogens is 3. The first-order valence-corrected chi connectivity index (χ1v) is 10.6. The van der Waals surface area contributed by atoms with Gasteiger partial charge in [-0.1, -0.05) is 17.7 Å². The zero-order valence-corrected chi connectivity index (χ0v) is 18.8. The number of rotatable bonds is 4. The molecule has 1 aliphatic rings. The summed E-state index contributed by atoms with van der Waals surface area (Å²) in [5.74, 6) is -0.0613. The Bertz CT molecular complexity index is 1210. The van der Waals surface area contributed by atoms with E-state index in [1.807, 2.05) is 6.08 Å². The van der Waals surface area contributed by atoms with Crippen LogP contribution in [0, 0.1) is 5.82 Å². The molecule has 0 radical (unpaired) electrons. The lowest BCUT2D eigenvalue weighted by atomic mass is 9.99. The van der Waals surface area contributed by atoms with Crippen molar-refractivity contribution < 1.29 is 18.3 Å². The summed E-state index contributed by atoms with van der Waals surface area (Å²) < 4.78 is 26.1. The number of nitrogens with two attached hydrogens (primary N) is 2. The maximum absolute atomic E-state index is 14.0. The second-order valence-electron chi connectivity index (χ2n) is 7.15. The van der Waals surface area contributed by atoms with Gasteiger partial charge in [0.25, 0.3) is 0 Å². The van der Waals surface area contributed by atoms with E-state index in [-0.39, 0.29) is 16.0 Å². The lowest BCUT2D eigenvalue weighted by molar-refractivity contribution is 0.213. The summed E-state index contributed by atoms with van der Waals surface area (Å²) in [4.78, 5) is 17.2. The van der Waals surface area contributed by atoms with Crippen molar-refractivity contribution in [2.45, 2.75) is 19.4 Å². The van der Waals surface area contributed by atoms with Gasteiger partial charge in [0, 0.05) is 35.4 Å². The number of amides is 2. The molecule has 1 atom stereocenters. The highest BCUT2D eigenvalue weighted by atomic mass is 79.9. The molecule has 0 saturated heterocycles. The monoisotopic (exact) mass is 508 g/mol. The molecule has 2 amide bonds. The average Bonchev–Trinajstić information content (AvgIpc) is 3.17. The smallest absolute Gasteiger partial charge is 0.315 e. The molecule has 2 aromatic heterocycles. The Morgan fingerprint density at radius 1 is 1.45 bits per heavy atom. The van der Waals surface area contributed by atoms with Crippen molar-refractivity contribution in [3.8, 4) is 5.75 Å². The molecule has 0 bridgehead atoms. The normalized spacial score (nSPS) is 15.1. The number of fused-ring (bicyclic) bond motifs is 1. The van der Waals surface area contributed by atoms with Crippen molar-refractivity contribution in [1.82, 2.24) is 9.88 Å². The minimum Gasteiger partial charge on any atom is -0.478 e. The van der Waals surface area contributed by atoms with Crippen LogP contribution < -0.4 is 16.2 Å². The third kappa shape index (κ3) is 3.95. The van der Waals surface area contributed by atoms with Crippen molar-refractivity contribution >= 4 is 55.9 Å². The molecule has 1 aliphatic heterocycles. The van der Waals surface area contributed by atoms with E-state index in [1.165, 1.54) is 12.1 Å². The SMILES string of the molecule is CC(Oc1c(N)ncc2c(C3=CCN(C(N)=O)CC3)coc12)c1c(Cl)ccc(F)c1Br. The molecule has 7 nitrogen and oxygen atoms in total. The lowest BCUT2D eigenvalue weighted by Crippen LogP contribution is -2.38. The summed E-state index contributed by atoms with van der Waals surface area (Å²) in [5, 5.41) is 1.07. The van der Waals surface area contributed by atoms with Gasteiger partial charge in [-0.05, 0) is 47.0 Å². The molecule has 3 heterocycles. The Balaban J connectivity index is 1.70. The summed E-state index contributed by atoms with van der Waals surface area (Å²) in [5.41, 5.74) is 14.1. The fourth-order valence-electron chi connectivity index (χ4n) is 3.61. The molecule has 1 aromatic carbocycles. The highest BCUT2D eigenvalue weighted by Crippen LogP contribution is 2.41. The third-order valence-electron chi connectivity index (χ3n) is 5.25. The van der Waals surface area contributed by atoms with Gasteiger partial charge in [0.1, 0.15) is 11.9 Å². The summed E-state index contributed by atoms with van der Waals surface area (Å²) in [6.45, 7) is 2.67. The van der Waals surface area contributed by atoms with E-state index in [0.717, 1.165) is 16.5 Å². The van der Waals surface area contributed by atoms with Gasteiger partial charge in [-0.2, -0.15) is 0 Å². The third-order valence-corrected chi connectivity index (χ3v) is 6.38. The molecular formula is C21H19BrClFN4O3. The van der Waals surface area contributed by atoms with Crippen molar-refractivity contribution in [2.75, 3.05) is 18.8 Å². The summed E-state index contributed by atoms with van der Waals surface area (Å²) in [6, 6.07) is 2.29. The van der Waals surface area contributed by atoms with Crippen LogP contribution in [0.4, 0.5) is 15.0 Å². The molecule has 31 heavy (non-hydrogen) atoms. The Kier molecular flexibility index (Phi) is 5.81. The predicted molar refractivity (Wildman–Crippen MR) is 120 cm³/mol. The summed E-state index contributed by atoms with van der Waals surface area (Å²) in [7, 11) is 0. The first kappa shape index (κ1) is 21.5. The molecule has 0 spiro atoms. The average molecular weight is 510 g/mol. The van der Waals surface area contributed by atoms with Crippen molar-refractivity contribution in [2.24, 2.45) is 5.73 Å². The highest BCUT2D eigenvalue weighted by molar-refractivity contribution is 9.10. The standard InChI is InChI=1S/C21H19BrClFN4O3/c1-10(16-14(23)2-3-15(24)17(16)22)31-19-18-12(8-27-20(19)25)13(9-30-18)11-4-6-28(7-5-11)21(26)29/h2-4,8-10H,5-7H2,1H3,(H2,25,27)(H2,26,29). The number of aromatic nitrogens is 1. The number of pyridine rings is 1. The van der Waals surface area contributed by atoms with E-state index in [0.29, 0.717) is 35.7 Å². The van der Waals surface area contributed by atoms with Gasteiger partial charge in [-0.25, -0.2) is 14.2 Å². The predicted octanol–water partition coefficient (Wildman–Crippen LogP) is 5.27. The molecule has 3 aromatic rings. The number of ether oxygens (including phenoxy) is 1. The number of anilines is 1. The van der Waals surface area contributed by atoms with E-state index in [1.54, 1.807) is 24.3 Å². The lowest BCUT2D eigenvalue weighted by Gasteiger charge is -2.24. The minimum absolute atomic E-state index is 0.140. The number of benzene rings is 1. The molecule has 10 heteroatoms. The van der Waals surface area contributed by atoms with E-state index < -0.39 is 18.0 Å². The van der Waals surface area contributed by atoms with Crippen LogP contribution in [0.25, 0.3) is 16.5 Å². The first-order chi connectivity index (χ1) is 14.8. The summed E-state index contributed by atoms with van der Waals surface area (Å²) >= 11 is 9.50. The first-order valence-electron chi connectivity index (χ1n) is 9.47. The van der Waals surface area contributed by atoms with E-state index >= 15 is 0 Å². The Labute approximate surface area is 190 Å². The molecule has 162 valence electrons. The van der Waals surface area contributed by atoms with Crippen LogP contribution in [-0.2, 0) is 0 Å². The van der Waals surface area contributed by atoms with Gasteiger partial charge in [0.15, 0.2) is 11.4 Å². The highest BCUT2D eigenvalue weighted by Gasteiger charge is 2.24. The van der Waals surface area contributed by atoms with Gasteiger partial charge < -0.3 is 25.5 Å². The Morgan fingerprint density at radius 2 is 2.23 bits per heavy atom. The Morgan fingerprint density at radius 3 is 2.90 bits per heavy atom. The van der Waals surface area contributed by atoms with Gasteiger partial charge in [-0.3, -0.25) is 0 Å². The number of nitrogen functional groups attached to an aromatic ring is 1. The topological polar surface area (TPSA) is 108 Å². The number of hydrogen-bond donors (Lipinski definition) is 2. The molecular weight excluding hydrogens is 491 g/mol.